The van der Waals surface area contributed by atoms with Gasteiger partial charge in [-0.15, -0.1) is 0 Å². The maximum absolute atomic E-state index is 2.38. The van der Waals surface area contributed by atoms with Crippen LogP contribution in [0.4, 0.5) is 0 Å². The van der Waals surface area contributed by atoms with Crippen LogP contribution in [0.25, 0.3) is 5.57 Å². The van der Waals surface area contributed by atoms with Gasteiger partial charge in [0, 0.05) is 0 Å². The SMILES string of the molecule is CCCC=C(CC)c1cccc(CC)c1. The highest BCUT2D eigenvalue weighted by Gasteiger charge is 1.99. The standard InChI is InChI=1S/C15H22/c1-4-7-10-14(6-3)15-11-8-9-13(5-2)12-15/h8-12H,4-7H2,1-3H3. The molecule has 0 nitrogen and oxygen atoms in total. The molecule has 0 aliphatic rings. The van der Waals surface area contributed by atoms with E-state index in [2.05, 4.69) is 51.1 Å². The third-order valence-corrected chi connectivity index (χ3v) is 2.77. The average molecular weight is 202 g/mol. The normalized spacial score (nSPS) is 11.8. The van der Waals surface area contributed by atoms with Gasteiger partial charge in [0.25, 0.3) is 0 Å². The molecule has 0 radical (unpaired) electrons. The predicted octanol–water partition coefficient (Wildman–Crippen LogP) is 4.84. The molecule has 0 atom stereocenters. The van der Waals surface area contributed by atoms with Crippen LogP contribution >= 0.6 is 0 Å². The molecule has 15 heavy (non-hydrogen) atoms. The number of rotatable bonds is 5. The van der Waals surface area contributed by atoms with E-state index in [1.54, 1.807) is 0 Å². The first-order chi connectivity index (χ1) is 7.31. The molecule has 0 unspecified atom stereocenters. The van der Waals surface area contributed by atoms with Crippen LogP contribution in [0, 0.1) is 0 Å². The van der Waals surface area contributed by atoms with Crippen molar-refractivity contribution in [3.8, 4) is 0 Å². The van der Waals surface area contributed by atoms with Crippen LogP contribution in [0.1, 0.15) is 51.2 Å². The molecular formula is C15H22. The molecule has 0 N–H and O–H groups in total. The fourth-order valence-corrected chi connectivity index (χ4v) is 1.78. The Hall–Kier alpha value is -1.04. The molecule has 0 heteroatoms. The summed E-state index contributed by atoms with van der Waals surface area (Å²) in [6, 6.07) is 8.93. The molecule has 0 saturated carbocycles. The molecule has 0 aliphatic heterocycles. The largest absolute Gasteiger partial charge is 0.0807 e. The third-order valence-electron chi connectivity index (χ3n) is 2.77. The Kier molecular flexibility index (Phi) is 5.17. The first kappa shape index (κ1) is 12.0. The van der Waals surface area contributed by atoms with E-state index in [1.807, 2.05) is 0 Å². The molecule has 0 aliphatic carbocycles. The highest BCUT2D eigenvalue weighted by atomic mass is 14.0. The van der Waals surface area contributed by atoms with Crippen molar-refractivity contribution in [2.24, 2.45) is 0 Å². The lowest BCUT2D eigenvalue weighted by molar-refractivity contribution is 0.955. The fourth-order valence-electron chi connectivity index (χ4n) is 1.78. The molecule has 0 heterocycles. The van der Waals surface area contributed by atoms with Gasteiger partial charge in [0.1, 0.15) is 0 Å². The van der Waals surface area contributed by atoms with E-state index in [4.69, 9.17) is 0 Å². The van der Waals surface area contributed by atoms with Gasteiger partial charge >= 0.3 is 0 Å². The lowest BCUT2D eigenvalue weighted by Crippen LogP contribution is -1.86. The van der Waals surface area contributed by atoms with Gasteiger partial charge in [0.15, 0.2) is 0 Å². The Morgan fingerprint density at radius 3 is 2.60 bits per heavy atom. The molecule has 0 fully saturated rings. The minimum absolute atomic E-state index is 1.12. The quantitative estimate of drug-likeness (QED) is 0.640. The van der Waals surface area contributed by atoms with Gasteiger partial charge in [-0.1, -0.05) is 57.5 Å². The third kappa shape index (κ3) is 3.54. The van der Waals surface area contributed by atoms with E-state index in [0.29, 0.717) is 0 Å². The van der Waals surface area contributed by atoms with Crippen LogP contribution in [0.2, 0.25) is 0 Å². The van der Waals surface area contributed by atoms with E-state index >= 15 is 0 Å². The Balaban J connectivity index is 2.91. The summed E-state index contributed by atoms with van der Waals surface area (Å²) in [5.41, 5.74) is 4.33. The molecule has 0 bridgehead atoms. The van der Waals surface area contributed by atoms with Gasteiger partial charge in [-0.05, 0) is 36.0 Å². The summed E-state index contributed by atoms with van der Waals surface area (Å²) in [4.78, 5) is 0. The molecule has 0 aromatic heterocycles. The molecule has 1 aromatic carbocycles. The van der Waals surface area contributed by atoms with Crippen LogP contribution in [0.15, 0.2) is 30.3 Å². The van der Waals surface area contributed by atoms with Crippen molar-refractivity contribution in [3.63, 3.8) is 0 Å². The number of unbranched alkanes of at least 4 members (excludes halogenated alkanes) is 1. The van der Waals surface area contributed by atoms with Crippen LogP contribution in [-0.2, 0) is 6.42 Å². The molecule has 0 amide bonds. The Bertz CT molecular complexity index is 321. The summed E-state index contributed by atoms with van der Waals surface area (Å²) in [7, 11) is 0. The van der Waals surface area contributed by atoms with Crippen molar-refractivity contribution in [3.05, 3.63) is 41.5 Å². The van der Waals surface area contributed by atoms with Crippen molar-refractivity contribution in [2.45, 2.75) is 46.5 Å². The second-order valence-corrected chi connectivity index (χ2v) is 3.93. The fraction of sp³-hybridized carbons (Fsp3) is 0.467. The average Bonchev–Trinajstić information content (AvgIpc) is 2.30. The van der Waals surface area contributed by atoms with E-state index < -0.39 is 0 Å². The van der Waals surface area contributed by atoms with Crippen molar-refractivity contribution in [2.75, 3.05) is 0 Å². The number of benzene rings is 1. The zero-order valence-corrected chi connectivity index (χ0v) is 10.2. The second-order valence-electron chi connectivity index (χ2n) is 3.93. The van der Waals surface area contributed by atoms with Crippen molar-refractivity contribution in [1.82, 2.24) is 0 Å². The topological polar surface area (TPSA) is 0 Å². The molecule has 1 aromatic rings. The zero-order chi connectivity index (χ0) is 11.1. The predicted molar refractivity (Wildman–Crippen MR) is 69.0 cm³/mol. The molecule has 0 spiro atoms. The molecule has 82 valence electrons. The number of aryl methyl sites for hydroxylation is 1. The van der Waals surface area contributed by atoms with Crippen LogP contribution in [-0.4, -0.2) is 0 Å². The zero-order valence-electron chi connectivity index (χ0n) is 10.2. The van der Waals surface area contributed by atoms with E-state index in [0.717, 1.165) is 12.8 Å². The summed E-state index contributed by atoms with van der Waals surface area (Å²) >= 11 is 0. The van der Waals surface area contributed by atoms with Crippen molar-refractivity contribution >= 4 is 5.57 Å². The van der Waals surface area contributed by atoms with Gasteiger partial charge in [0.2, 0.25) is 0 Å². The minimum Gasteiger partial charge on any atom is -0.0807 e. The summed E-state index contributed by atoms with van der Waals surface area (Å²) in [5, 5.41) is 0. The summed E-state index contributed by atoms with van der Waals surface area (Å²) < 4.78 is 0. The van der Waals surface area contributed by atoms with E-state index in [9.17, 15) is 0 Å². The van der Waals surface area contributed by atoms with Crippen LogP contribution in [0.3, 0.4) is 0 Å². The lowest BCUT2D eigenvalue weighted by Gasteiger charge is -2.07. The van der Waals surface area contributed by atoms with Gasteiger partial charge in [-0.25, -0.2) is 0 Å². The Labute approximate surface area is 94.0 Å². The van der Waals surface area contributed by atoms with Crippen molar-refractivity contribution in [1.29, 1.82) is 0 Å². The van der Waals surface area contributed by atoms with Crippen molar-refractivity contribution < 1.29 is 0 Å². The minimum atomic E-state index is 1.12. The number of allylic oxidation sites excluding steroid dienone is 2. The summed E-state index contributed by atoms with van der Waals surface area (Å²) in [6.45, 7) is 6.67. The van der Waals surface area contributed by atoms with Crippen LogP contribution < -0.4 is 0 Å². The maximum atomic E-state index is 2.38. The monoisotopic (exact) mass is 202 g/mol. The highest BCUT2D eigenvalue weighted by Crippen LogP contribution is 2.20. The van der Waals surface area contributed by atoms with Gasteiger partial charge in [-0.2, -0.15) is 0 Å². The number of hydrogen-bond acceptors (Lipinski definition) is 0. The maximum Gasteiger partial charge on any atom is -0.0225 e. The lowest BCUT2D eigenvalue weighted by atomic mass is 9.99. The molecular weight excluding hydrogens is 180 g/mol. The van der Waals surface area contributed by atoms with Crippen LogP contribution in [0.5, 0.6) is 0 Å². The number of hydrogen-bond donors (Lipinski definition) is 0. The second kappa shape index (κ2) is 6.44. The smallest absolute Gasteiger partial charge is 0.0225 e. The van der Waals surface area contributed by atoms with Gasteiger partial charge < -0.3 is 0 Å². The van der Waals surface area contributed by atoms with Gasteiger partial charge in [0.05, 0.1) is 0 Å². The summed E-state index contributed by atoms with van der Waals surface area (Å²) in [5.74, 6) is 0. The summed E-state index contributed by atoms with van der Waals surface area (Å²) in [6.07, 6.45) is 7.07. The Morgan fingerprint density at radius 1 is 1.20 bits per heavy atom. The van der Waals surface area contributed by atoms with Gasteiger partial charge in [-0.3, -0.25) is 0 Å². The highest BCUT2D eigenvalue weighted by molar-refractivity contribution is 5.65. The first-order valence-corrected chi connectivity index (χ1v) is 6.10. The molecule has 0 saturated heterocycles. The molecule has 1 rings (SSSR count). The Morgan fingerprint density at radius 2 is 2.00 bits per heavy atom. The van der Waals surface area contributed by atoms with E-state index in [1.165, 1.54) is 29.5 Å². The van der Waals surface area contributed by atoms with E-state index in [-0.39, 0.29) is 0 Å². The first-order valence-electron chi connectivity index (χ1n) is 6.10.